The van der Waals surface area contributed by atoms with Gasteiger partial charge in [-0.05, 0) is 25.2 Å². The van der Waals surface area contributed by atoms with E-state index in [4.69, 9.17) is 4.74 Å². The van der Waals surface area contributed by atoms with E-state index in [1.54, 1.807) is 0 Å². The zero-order chi connectivity index (χ0) is 8.39. The van der Waals surface area contributed by atoms with Crippen LogP contribution in [0.25, 0.3) is 0 Å². The van der Waals surface area contributed by atoms with Crippen LogP contribution in [0.1, 0.15) is 25.7 Å². The van der Waals surface area contributed by atoms with Gasteiger partial charge < -0.3 is 10.1 Å². The Morgan fingerprint density at radius 1 is 1.50 bits per heavy atom. The second-order valence-corrected chi connectivity index (χ2v) is 3.77. The average molecular weight is 169 g/mol. The lowest BCUT2D eigenvalue weighted by molar-refractivity contribution is -0.119. The van der Waals surface area contributed by atoms with Crippen molar-refractivity contribution in [3.63, 3.8) is 0 Å². The van der Waals surface area contributed by atoms with Crippen molar-refractivity contribution in [2.45, 2.75) is 31.7 Å². The molecule has 0 aromatic carbocycles. The summed E-state index contributed by atoms with van der Waals surface area (Å²) in [6.07, 6.45) is 4.03. The molecule has 0 saturated carbocycles. The molecule has 0 bridgehead atoms. The number of rotatable bonds is 2. The van der Waals surface area contributed by atoms with Gasteiger partial charge in [-0.2, -0.15) is 0 Å². The van der Waals surface area contributed by atoms with Crippen molar-refractivity contribution >= 4 is 5.91 Å². The lowest BCUT2D eigenvalue weighted by Gasteiger charge is -2.13. The summed E-state index contributed by atoms with van der Waals surface area (Å²) in [4.78, 5) is 10.9. The summed E-state index contributed by atoms with van der Waals surface area (Å²) in [6.45, 7) is 1.80. The smallest absolute Gasteiger partial charge is 0.220 e. The first-order valence-electron chi connectivity index (χ1n) is 4.71. The van der Waals surface area contributed by atoms with Crippen LogP contribution in [0.5, 0.6) is 0 Å². The van der Waals surface area contributed by atoms with Gasteiger partial charge in [0.15, 0.2) is 0 Å². The van der Waals surface area contributed by atoms with Crippen LogP contribution in [0, 0.1) is 5.92 Å². The molecule has 0 radical (unpaired) electrons. The highest BCUT2D eigenvalue weighted by atomic mass is 16.5. The Balaban J connectivity index is 1.75. The van der Waals surface area contributed by atoms with Gasteiger partial charge in [0.25, 0.3) is 0 Å². The Labute approximate surface area is 72.5 Å². The van der Waals surface area contributed by atoms with E-state index < -0.39 is 0 Å². The van der Waals surface area contributed by atoms with E-state index in [0.717, 1.165) is 32.5 Å². The second-order valence-electron chi connectivity index (χ2n) is 3.77. The Hall–Kier alpha value is -0.570. The molecule has 3 heteroatoms. The van der Waals surface area contributed by atoms with Crippen molar-refractivity contribution in [2.75, 3.05) is 13.2 Å². The molecule has 2 saturated heterocycles. The maximum absolute atomic E-state index is 10.9. The highest BCUT2D eigenvalue weighted by molar-refractivity contribution is 5.78. The lowest BCUT2D eigenvalue weighted by Crippen LogP contribution is -2.27. The highest BCUT2D eigenvalue weighted by Gasteiger charge is 2.25. The Morgan fingerprint density at radius 2 is 2.42 bits per heavy atom. The predicted octanol–water partition coefficient (Wildman–Crippen LogP) is 0.692. The van der Waals surface area contributed by atoms with Gasteiger partial charge in [-0.25, -0.2) is 0 Å². The average Bonchev–Trinajstić information content (AvgIpc) is 2.63. The first-order chi connectivity index (χ1) is 5.84. The minimum absolute atomic E-state index is 0.221. The molecule has 2 fully saturated rings. The molecular weight excluding hydrogens is 154 g/mol. The van der Waals surface area contributed by atoms with Crippen molar-refractivity contribution in [2.24, 2.45) is 5.92 Å². The highest BCUT2D eigenvalue weighted by Crippen LogP contribution is 2.22. The van der Waals surface area contributed by atoms with E-state index in [2.05, 4.69) is 5.32 Å². The Morgan fingerprint density at radius 3 is 3.00 bits per heavy atom. The first-order valence-corrected chi connectivity index (χ1v) is 4.71. The summed E-state index contributed by atoms with van der Waals surface area (Å²) < 4.78 is 5.28. The third-order valence-corrected chi connectivity index (χ3v) is 2.73. The molecular formula is C9H15NO2. The molecule has 1 N–H and O–H groups in total. The number of ether oxygens (including phenoxy) is 1. The van der Waals surface area contributed by atoms with Gasteiger partial charge in [0.1, 0.15) is 0 Å². The number of amides is 1. The van der Waals surface area contributed by atoms with E-state index in [1.165, 1.54) is 6.42 Å². The lowest BCUT2D eigenvalue weighted by atomic mass is 9.98. The molecule has 3 nitrogen and oxygen atoms in total. The van der Waals surface area contributed by atoms with E-state index in [9.17, 15) is 4.79 Å². The number of hydrogen-bond acceptors (Lipinski definition) is 2. The molecule has 2 heterocycles. The van der Waals surface area contributed by atoms with Crippen LogP contribution in [-0.4, -0.2) is 25.2 Å². The fourth-order valence-corrected chi connectivity index (χ4v) is 2.03. The van der Waals surface area contributed by atoms with Gasteiger partial charge >= 0.3 is 0 Å². The summed E-state index contributed by atoms with van der Waals surface area (Å²) in [5.41, 5.74) is 0. The second kappa shape index (κ2) is 3.44. The number of carbonyl (C=O) groups is 1. The molecule has 68 valence electrons. The van der Waals surface area contributed by atoms with Gasteiger partial charge in [-0.3, -0.25) is 4.79 Å². The van der Waals surface area contributed by atoms with Crippen LogP contribution in [0.4, 0.5) is 0 Å². The summed E-state index contributed by atoms with van der Waals surface area (Å²) >= 11 is 0. The van der Waals surface area contributed by atoms with Crippen molar-refractivity contribution in [3.8, 4) is 0 Å². The van der Waals surface area contributed by atoms with Crippen LogP contribution < -0.4 is 5.32 Å². The number of carbonyl (C=O) groups excluding carboxylic acids is 1. The van der Waals surface area contributed by atoms with Gasteiger partial charge in [0.05, 0.1) is 0 Å². The Bertz CT molecular complexity index is 175. The fraction of sp³-hybridized carbons (Fsp3) is 0.889. The minimum Gasteiger partial charge on any atom is -0.381 e. The van der Waals surface area contributed by atoms with Gasteiger partial charge in [0, 0.05) is 25.7 Å². The van der Waals surface area contributed by atoms with E-state index >= 15 is 0 Å². The number of nitrogens with one attached hydrogen (secondary N) is 1. The summed E-state index contributed by atoms with van der Waals surface area (Å²) in [5, 5.41) is 2.99. The van der Waals surface area contributed by atoms with Crippen LogP contribution in [-0.2, 0) is 9.53 Å². The van der Waals surface area contributed by atoms with Crippen LogP contribution >= 0.6 is 0 Å². The third kappa shape index (κ3) is 1.78. The molecule has 2 aliphatic rings. The zero-order valence-electron chi connectivity index (χ0n) is 7.21. The first kappa shape index (κ1) is 8.05. The standard InChI is InChI=1S/C9H15NO2/c11-9-2-1-8(10-9)5-7-3-4-12-6-7/h7-8H,1-6H2,(H,10,11). The van der Waals surface area contributed by atoms with Crippen LogP contribution in [0.15, 0.2) is 0 Å². The normalized spacial score (nSPS) is 35.5. The summed E-state index contributed by atoms with van der Waals surface area (Å²) in [6, 6.07) is 0.434. The quantitative estimate of drug-likeness (QED) is 0.660. The zero-order valence-corrected chi connectivity index (χ0v) is 7.21. The molecule has 0 aliphatic carbocycles. The molecule has 0 spiro atoms. The molecule has 2 rings (SSSR count). The SMILES string of the molecule is O=C1CCC(CC2CCOC2)N1. The van der Waals surface area contributed by atoms with Crippen molar-refractivity contribution in [1.82, 2.24) is 5.32 Å². The number of hydrogen-bond donors (Lipinski definition) is 1. The summed E-state index contributed by atoms with van der Waals surface area (Å²) in [5.74, 6) is 0.910. The Kier molecular flexibility index (Phi) is 2.30. The van der Waals surface area contributed by atoms with E-state index in [1.807, 2.05) is 0 Å². The molecule has 2 aliphatic heterocycles. The molecule has 12 heavy (non-hydrogen) atoms. The van der Waals surface area contributed by atoms with Gasteiger partial charge in [-0.1, -0.05) is 0 Å². The van der Waals surface area contributed by atoms with Crippen molar-refractivity contribution < 1.29 is 9.53 Å². The topological polar surface area (TPSA) is 38.3 Å². The van der Waals surface area contributed by atoms with Crippen LogP contribution in [0.3, 0.4) is 0 Å². The molecule has 0 aromatic rings. The van der Waals surface area contributed by atoms with Gasteiger partial charge in [0.2, 0.25) is 5.91 Å². The monoisotopic (exact) mass is 169 g/mol. The predicted molar refractivity (Wildman–Crippen MR) is 44.7 cm³/mol. The maximum Gasteiger partial charge on any atom is 0.220 e. The van der Waals surface area contributed by atoms with Crippen molar-refractivity contribution in [1.29, 1.82) is 0 Å². The molecule has 2 atom stereocenters. The van der Waals surface area contributed by atoms with E-state index in [-0.39, 0.29) is 5.91 Å². The molecule has 2 unspecified atom stereocenters. The van der Waals surface area contributed by atoms with Crippen molar-refractivity contribution in [3.05, 3.63) is 0 Å². The largest absolute Gasteiger partial charge is 0.381 e. The minimum atomic E-state index is 0.221. The fourth-order valence-electron chi connectivity index (χ4n) is 2.03. The molecule has 0 aromatic heterocycles. The molecule has 1 amide bonds. The van der Waals surface area contributed by atoms with Crippen LogP contribution in [0.2, 0.25) is 0 Å². The maximum atomic E-state index is 10.9. The summed E-state index contributed by atoms with van der Waals surface area (Å²) in [7, 11) is 0. The van der Waals surface area contributed by atoms with E-state index in [0.29, 0.717) is 12.0 Å². The third-order valence-electron chi connectivity index (χ3n) is 2.73. The van der Waals surface area contributed by atoms with Gasteiger partial charge in [-0.15, -0.1) is 0 Å².